The number of anilines is 3. The zero-order valence-corrected chi connectivity index (χ0v) is 45.4. The Kier molecular flexibility index (Phi) is 18.9. The number of nitrogens with one attached hydrogen (secondary N) is 4. The standard InChI is InChI=1S/C26H37N5O3S2.C26H31N5O3S2/c2*1-5-21(32)29-18-10-8-17(9-11-18)24(33)31-12-6-7-19(15-31)30-25-28-14-23(36-25)35-16-22-27-13-20(34-22)26(2,3)4/h5,13-14,17-19H,1,6-12,15-16H2,2-4H3,(H,28,30)(H,29,32);5,8-11,13-14,19H,1,6-7,12,15-16H2,2-4H3,(H,28,30)(H,29,32)/t17?,18?,19-;/m1./s1. The Balaban J connectivity index is 0.000000211. The van der Waals surface area contributed by atoms with E-state index in [1.54, 1.807) is 76.7 Å². The van der Waals surface area contributed by atoms with Gasteiger partial charge in [0, 0.05) is 72.3 Å². The van der Waals surface area contributed by atoms with Crippen LogP contribution in [0, 0.1) is 5.92 Å². The largest absolute Gasteiger partial charge is 0.444 e. The zero-order valence-electron chi connectivity index (χ0n) is 42.2. The fraction of sp³-hybridized carbons (Fsp3) is 0.500. The number of aromatic nitrogens is 4. The molecule has 0 radical (unpaired) electrons. The number of carbonyl (C=O) groups excluding carboxylic acids is 4. The van der Waals surface area contributed by atoms with Crippen LogP contribution in [0.3, 0.4) is 0 Å². The molecule has 4 amide bonds. The number of nitrogens with zero attached hydrogens (tertiary/aromatic N) is 6. The van der Waals surface area contributed by atoms with Gasteiger partial charge >= 0.3 is 0 Å². The van der Waals surface area contributed by atoms with Crippen molar-refractivity contribution in [3.8, 4) is 0 Å². The fourth-order valence-corrected chi connectivity index (χ4v) is 12.1. The molecule has 3 aliphatic rings. The maximum atomic E-state index is 13.2. The summed E-state index contributed by atoms with van der Waals surface area (Å²) in [4.78, 5) is 71.0. The molecule has 4 N–H and O–H groups in total. The fourth-order valence-electron chi connectivity index (χ4n) is 8.50. The van der Waals surface area contributed by atoms with Crippen LogP contribution < -0.4 is 21.3 Å². The second-order valence-electron chi connectivity index (χ2n) is 20.3. The summed E-state index contributed by atoms with van der Waals surface area (Å²) in [6.45, 7) is 22.5. The predicted octanol–water partition coefficient (Wildman–Crippen LogP) is 10.5. The lowest BCUT2D eigenvalue weighted by Crippen LogP contribution is -2.48. The minimum absolute atomic E-state index is 0.0148. The molecule has 386 valence electrons. The average molecular weight is 1060 g/mol. The molecule has 2 aliphatic heterocycles. The molecule has 5 aromatic rings. The summed E-state index contributed by atoms with van der Waals surface area (Å²) >= 11 is 6.55. The summed E-state index contributed by atoms with van der Waals surface area (Å²) in [5, 5.41) is 14.4. The van der Waals surface area contributed by atoms with E-state index in [0.29, 0.717) is 41.7 Å². The molecule has 72 heavy (non-hydrogen) atoms. The molecule has 6 heterocycles. The maximum absolute atomic E-state index is 13.2. The van der Waals surface area contributed by atoms with E-state index in [1.165, 1.54) is 12.2 Å². The van der Waals surface area contributed by atoms with Gasteiger partial charge in [0.15, 0.2) is 10.3 Å². The Morgan fingerprint density at radius 1 is 0.667 bits per heavy atom. The summed E-state index contributed by atoms with van der Waals surface area (Å²) in [7, 11) is 0. The Morgan fingerprint density at radius 2 is 1.17 bits per heavy atom. The highest BCUT2D eigenvalue weighted by molar-refractivity contribution is 8.00. The number of amides is 4. The molecule has 2 atom stereocenters. The summed E-state index contributed by atoms with van der Waals surface area (Å²) in [5.41, 5.74) is 1.12. The summed E-state index contributed by atoms with van der Waals surface area (Å²) in [6, 6.07) is 7.42. The Labute approximate surface area is 439 Å². The third-order valence-electron chi connectivity index (χ3n) is 12.5. The molecule has 2 saturated heterocycles. The Morgan fingerprint density at radius 3 is 1.65 bits per heavy atom. The van der Waals surface area contributed by atoms with E-state index in [-0.39, 0.29) is 58.5 Å². The van der Waals surface area contributed by atoms with Gasteiger partial charge < -0.3 is 39.9 Å². The van der Waals surface area contributed by atoms with E-state index in [2.05, 4.69) is 95.9 Å². The Bertz CT molecular complexity index is 2620. The van der Waals surface area contributed by atoms with Gasteiger partial charge in [-0.25, -0.2) is 19.9 Å². The van der Waals surface area contributed by atoms with E-state index in [1.807, 2.05) is 28.4 Å². The molecule has 1 saturated carbocycles. The lowest BCUT2D eigenvalue weighted by Gasteiger charge is -2.37. The minimum Gasteiger partial charge on any atom is -0.444 e. The maximum Gasteiger partial charge on any atom is 0.253 e. The van der Waals surface area contributed by atoms with Crippen LogP contribution in [-0.2, 0) is 36.7 Å². The number of rotatable bonds is 16. The van der Waals surface area contributed by atoms with Crippen LogP contribution in [0.25, 0.3) is 0 Å². The molecule has 0 bridgehead atoms. The first-order valence-electron chi connectivity index (χ1n) is 24.6. The molecule has 8 rings (SSSR count). The van der Waals surface area contributed by atoms with Gasteiger partial charge in [-0.3, -0.25) is 19.2 Å². The van der Waals surface area contributed by atoms with Crippen LogP contribution in [-0.4, -0.2) is 97.7 Å². The van der Waals surface area contributed by atoms with Crippen molar-refractivity contribution in [2.24, 2.45) is 5.92 Å². The molecular formula is C52H68N10O6S4. The highest BCUT2D eigenvalue weighted by atomic mass is 32.2. The molecule has 3 fully saturated rings. The molecule has 16 nitrogen and oxygen atoms in total. The molecule has 4 aromatic heterocycles. The van der Waals surface area contributed by atoms with E-state index >= 15 is 0 Å². The first-order chi connectivity index (χ1) is 34.4. The smallest absolute Gasteiger partial charge is 0.253 e. The van der Waals surface area contributed by atoms with Crippen LogP contribution in [0.2, 0.25) is 0 Å². The molecule has 20 heteroatoms. The van der Waals surface area contributed by atoms with E-state index in [9.17, 15) is 19.2 Å². The monoisotopic (exact) mass is 1060 g/mol. The van der Waals surface area contributed by atoms with Gasteiger partial charge in [0.25, 0.3) is 5.91 Å². The predicted molar refractivity (Wildman–Crippen MR) is 289 cm³/mol. The number of thioether (sulfide) groups is 2. The van der Waals surface area contributed by atoms with Gasteiger partial charge in [0.05, 0.1) is 44.7 Å². The average Bonchev–Trinajstić information content (AvgIpc) is 4.22. The topological polar surface area (TPSA) is 201 Å². The van der Waals surface area contributed by atoms with Gasteiger partial charge in [-0.05, 0) is 87.8 Å². The highest BCUT2D eigenvalue weighted by Crippen LogP contribution is 2.35. The number of carbonyl (C=O) groups is 4. The van der Waals surface area contributed by atoms with E-state index in [4.69, 9.17) is 8.83 Å². The van der Waals surface area contributed by atoms with E-state index < -0.39 is 0 Å². The number of oxazole rings is 2. The highest BCUT2D eigenvalue weighted by Gasteiger charge is 2.33. The number of hydrogen-bond donors (Lipinski definition) is 4. The second-order valence-corrected chi connectivity index (χ2v) is 24.9. The van der Waals surface area contributed by atoms with Crippen molar-refractivity contribution in [1.82, 2.24) is 35.1 Å². The van der Waals surface area contributed by atoms with Crippen molar-refractivity contribution in [2.45, 2.75) is 142 Å². The van der Waals surface area contributed by atoms with Crippen molar-refractivity contribution >= 4 is 85.8 Å². The summed E-state index contributed by atoms with van der Waals surface area (Å²) < 4.78 is 14.0. The van der Waals surface area contributed by atoms with Crippen LogP contribution in [0.1, 0.15) is 127 Å². The third kappa shape index (κ3) is 15.8. The number of thiazole rings is 2. The molecule has 0 spiro atoms. The number of piperidine rings is 2. The lowest BCUT2D eigenvalue weighted by molar-refractivity contribution is -0.137. The van der Waals surface area contributed by atoms with Crippen LogP contribution in [0.4, 0.5) is 16.0 Å². The second kappa shape index (κ2) is 25.0. The quantitative estimate of drug-likeness (QED) is 0.0537. The molecular weight excluding hydrogens is 989 g/mol. The van der Waals surface area contributed by atoms with Crippen LogP contribution >= 0.6 is 46.2 Å². The van der Waals surface area contributed by atoms with Crippen LogP contribution in [0.15, 0.2) is 91.6 Å². The minimum atomic E-state index is -0.282. The van der Waals surface area contributed by atoms with Crippen molar-refractivity contribution < 1.29 is 28.0 Å². The van der Waals surface area contributed by atoms with Gasteiger partial charge in [-0.1, -0.05) is 77.4 Å². The van der Waals surface area contributed by atoms with Gasteiger partial charge in [-0.2, -0.15) is 0 Å². The number of hydrogen-bond acceptors (Lipinski definition) is 16. The number of likely N-dealkylation sites (tertiary alicyclic amines) is 2. The van der Waals surface area contributed by atoms with Gasteiger partial charge in [-0.15, -0.1) is 23.5 Å². The first-order valence-corrected chi connectivity index (χ1v) is 28.2. The van der Waals surface area contributed by atoms with E-state index in [0.717, 1.165) is 101 Å². The molecule has 1 unspecified atom stereocenters. The Hall–Kier alpha value is -5.44. The van der Waals surface area contributed by atoms with Crippen molar-refractivity contribution in [2.75, 3.05) is 42.1 Å². The van der Waals surface area contributed by atoms with Gasteiger partial charge in [0.2, 0.25) is 29.5 Å². The number of benzene rings is 1. The van der Waals surface area contributed by atoms with Crippen molar-refractivity contribution in [1.29, 1.82) is 0 Å². The third-order valence-corrected chi connectivity index (χ3v) is 16.7. The van der Waals surface area contributed by atoms with Crippen molar-refractivity contribution in [3.63, 3.8) is 0 Å². The first kappa shape index (κ1) is 54.3. The summed E-state index contributed by atoms with van der Waals surface area (Å²) in [6.07, 6.45) is 17.1. The molecule has 1 aromatic carbocycles. The van der Waals surface area contributed by atoms with Crippen molar-refractivity contribution in [3.05, 3.63) is 103 Å². The summed E-state index contributed by atoms with van der Waals surface area (Å²) in [5.74, 6) is 4.42. The zero-order chi connectivity index (χ0) is 51.4. The SMILES string of the molecule is C=CC(=O)NC1CCC(C(=O)N2CCC[C@@H](Nc3ncc(SCc4ncc(C(C)(C)C)o4)s3)C2)CC1.C=CC(=O)Nc1ccc(C(=O)N2CCCC(Nc3ncc(SCc4ncc(C(C)(C)C)o4)s3)C2)cc1. The molecule has 1 aliphatic carbocycles. The lowest BCUT2D eigenvalue weighted by atomic mass is 9.84. The normalized spacial score (nSPS) is 19.4. The van der Waals surface area contributed by atoms with Gasteiger partial charge in [0.1, 0.15) is 11.5 Å². The van der Waals surface area contributed by atoms with Crippen LogP contribution in [0.5, 0.6) is 0 Å².